The van der Waals surface area contributed by atoms with Crippen molar-refractivity contribution in [1.29, 1.82) is 0 Å². The standard InChI is InChI=1S/C10H14N4O2/c11-6-1-2-7(10(13)16)8(5-6)14-4-3-9(12)15/h1-2,5,14H,3-4,11H2,(H2,12,15)(H2,13,16). The van der Waals surface area contributed by atoms with Crippen molar-refractivity contribution in [3.8, 4) is 0 Å². The van der Waals surface area contributed by atoms with E-state index in [1.54, 1.807) is 12.1 Å². The first kappa shape index (κ1) is 11.8. The monoisotopic (exact) mass is 222 g/mol. The van der Waals surface area contributed by atoms with E-state index >= 15 is 0 Å². The summed E-state index contributed by atoms with van der Waals surface area (Å²) >= 11 is 0. The lowest BCUT2D eigenvalue weighted by Crippen LogP contribution is -2.18. The number of hydrogen-bond donors (Lipinski definition) is 4. The highest BCUT2D eigenvalue weighted by Crippen LogP contribution is 2.18. The van der Waals surface area contributed by atoms with E-state index in [1.165, 1.54) is 6.07 Å². The van der Waals surface area contributed by atoms with Crippen LogP contribution in [-0.4, -0.2) is 18.4 Å². The highest BCUT2D eigenvalue weighted by atomic mass is 16.1. The molecule has 0 spiro atoms. The third-order valence-electron chi connectivity index (χ3n) is 2.00. The van der Waals surface area contributed by atoms with Crippen LogP contribution in [0.3, 0.4) is 0 Å². The molecule has 0 saturated heterocycles. The van der Waals surface area contributed by atoms with Gasteiger partial charge in [0.2, 0.25) is 5.91 Å². The van der Waals surface area contributed by atoms with Gasteiger partial charge in [0.1, 0.15) is 0 Å². The van der Waals surface area contributed by atoms with Gasteiger partial charge in [-0.1, -0.05) is 0 Å². The molecule has 0 aliphatic carbocycles. The van der Waals surface area contributed by atoms with E-state index in [4.69, 9.17) is 17.2 Å². The van der Waals surface area contributed by atoms with Gasteiger partial charge in [-0.05, 0) is 18.2 Å². The molecule has 1 aromatic carbocycles. The second kappa shape index (κ2) is 5.01. The smallest absolute Gasteiger partial charge is 0.250 e. The molecule has 86 valence electrons. The van der Waals surface area contributed by atoms with Gasteiger partial charge in [-0.3, -0.25) is 9.59 Å². The van der Waals surface area contributed by atoms with E-state index < -0.39 is 11.8 Å². The molecule has 0 radical (unpaired) electrons. The minimum absolute atomic E-state index is 0.174. The summed E-state index contributed by atoms with van der Waals surface area (Å²) in [7, 11) is 0. The third-order valence-corrected chi connectivity index (χ3v) is 2.00. The number of carbonyl (C=O) groups is 2. The molecule has 2 amide bonds. The summed E-state index contributed by atoms with van der Waals surface area (Å²) in [5, 5.41) is 2.89. The fraction of sp³-hybridized carbons (Fsp3) is 0.200. The van der Waals surface area contributed by atoms with Crippen LogP contribution in [0.4, 0.5) is 11.4 Å². The normalized spacial score (nSPS) is 9.75. The molecule has 7 N–H and O–H groups in total. The quantitative estimate of drug-likeness (QED) is 0.508. The van der Waals surface area contributed by atoms with Crippen LogP contribution in [0.1, 0.15) is 16.8 Å². The van der Waals surface area contributed by atoms with Crippen LogP contribution in [0, 0.1) is 0 Å². The maximum Gasteiger partial charge on any atom is 0.250 e. The number of carbonyl (C=O) groups excluding carboxylic acids is 2. The largest absolute Gasteiger partial charge is 0.399 e. The van der Waals surface area contributed by atoms with Crippen molar-refractivity contribution in [2.24, 2.45) is 11.5 Å². The zero-order valence-electron chi connectivity index (χ0n) is 8.69. The number of anilines is 2. The minimum atomic E-state index is -0.554. The Morgan fingerprint density at radius 2 is 1.94 bits per heavy atom. The Morgan fingerprint density at radius 3 is 2.50 bits per heavy atom. The lowest BCUT2D eigenvalue weighted by molar-refractivity contribution is -0.117. The predicted octanol–water partition coefficient (Wildman–Crippen LogP) is -0.345. The zero-order chi connectivity index (χ0) is 12.1. The number of rotatable bonds is 5. The molecule has 6 heteroatoms. The van der Waals surface area contributed by atoms with Crippen molar-refractivity contribution in [1.82, 2.24) is 0 Å². The fourth-order valence-corrected chi connectivity index (χ4v) is 1.24. The van der Waals surface area contributed by atoms with E-state index in [2.05, 4.69) is 5.32 Å². The van der Waals surface area contributed by atoms with Crippen LogP contribution in [0.15, 0.2) is 18.2 Å². The van der Waals surface area contributed by atoms with Gasteiger partial charge in [0.05, 0.1) is 5.56 Å². The van der Waals surface area contributed by atoms with E-state index in [1.807, 2.05) is 0 Å². The Hall–Kier alpha value is -2.24. The van der Waals surface area contributed by atoms with E-state index in [0.717, 1.165) is 0 Å². The van der Waals surface area contributed by atoms with Crippen LogP contribution < -0.4 is 22.5 Å². The number of nitrogen functional groups attached to an aromatic ring is 1. The van der Waals surface area contributed by atoms with Crippen LogP contribution in [0.25, 0.3) is 0 Å². The highest BCUT2D eigenvalue weighted by molar-refractivity contribution is 5.99. The Morgan fingerprint density at radius 1 is 1.25 bits per heavy atom. The summed E-state index contributed by atoms with van der Waals surface area (Å²) in [5.74, 6) is -0.974. The molecule has 0 aliphatic heterocycles. The molecule has 0 heterocycles. The van der Waals surface area contributed by atoms with Crippen molar-refractivity contribution in [3.63, 3.8) is 0 Å². The molecule has 16 heavy (non-hydrogen) atoms. The van der Waals surface area contributed by atoms with Crippen molar-refractivity contribution < 1.29 is 9.59 Å². The van der Waals surface area contributed by atoms with Crippen LogP contribution in [0.5, 0.6) is 0 Å². The summed E-state index contributed by atoms with van der Waals surface area (Å²) in [5.41, 5.74) is 17.1. The van der Waals surface area contributed by atoms with Gasteiger partial charge in [-0.2, -0.15) is 0 Å². The summed E-state index contributed by atoms with van der Waals surface area (Å²) in [6.07, 6.45) is 0.174. The maximum absolute atomic E-state index is 11.1. The van der Waals surface area contributed by atoms with Crippen molar-refractivity contribution in [3.05, 3.63) is 23.8 Å². The number of benzene rings is 1. The average Bonchev–Trinajstić information content (AvgIpc) is 2.16. The van der Waals surface area contributed by atoms with Gasteiger partial charge in [0.25, 0.3) is 5.91 Å². The predicted molar refractivity (Wildman–Crippen MR) is 61.7 cm³/mol. The molecule has 0 aliphatic rings. The average molecular weight is 222 g/mol. The number of hydrogen-bond acceptors (Lipinski definition) is 4. The molecule has 0 unspecified atom stereocenters. The lowest BCUT2D eigenvalue weighted by Gasteiger charge is -2.09. The van der Waals surface area contributed by atoms with Crippen LogP contribution >= 0.6 is 0 Å². The SMILES string of the molecule is NC(=O)CCNc1cc(N)ccc1C(N)=O. The lowest BCUT2D eigenvalue weighted by atomic mass is 10.1. The first-order chi connectivity index (χ1) is 7.50. The molecule has 1 aromatic rings. The number of amides is 2. The molecule has 0 bridgehead atoms. The van der Waals surface area contributed by atoms with Gasteiger partial charge in [0.15, 0.2) is 0 Å². The van der Waals surface area contributed by atoms with E-state index in [0.29, 0.717) is 23.5 Å². The molecule has 0 saturated carbocycles. The zero-order valence-corrected chi connectivity index (χ0v) is 8.69. The fourth-order valence-electron chi connectivity index (χ4n) is 1.24. The summed E-state index contributed by atoms with van der Waals surface area (Å²) in [4.78, 5) is 21.6. The molecular weight excluding hydrogens is 208 g/mol. The molecule has 0 aromatic heterocycles. The minimum Gasteiger partial charge on any atom is -0.399 e. The first-order valence-electron chi connectivity index (χ1n) is 4.72. The molecule has 1 rings (SSSR count). The Balaban J connectivity index is 2.80. The molecular formula is C10H14N4O2. The Labute approximate surface area is 92.8 Å². The highest BCUT2D eigenvalue weighted by Gasteiger charge is 2.08. The number of nitrogens with two attached hydrogens (primary N) is 3. The Kier molecular flexibility index (Phi) is 3.71. The van der Waals surface area contributed by atoms with Crippen molar-refractivity contribution in [2.75, 3.05) is 17.6 Å². The maximum atomic E-state index is 11.1. The second-order valence-corrected chi connectivity index (χ2v) is 3.31. The van der Waals surface area contributed by atoms with Gasteiger partial charge >= 0.3 is 0 Å². The van der Waals surface area contributed by atoms with Crippen LogP contribution in [-0.2, 0) is 4.79 Å². The van der Waals surface area contributed by atoms with Gasteiger partial charge in [-0.25, -0.2) is 0 Å². The second-order valence-electron chi connectivity index (χ2n) is 3.31. The van der Waals surface area contributed by atoms with Gasteiger partial charge < -0.3 is 22.5 Å². The number of primary amides is 2. The van der Waals surface area contributed by atoms with Gasteiger partial charge in [-0.15, -0.1) is 0 Å². The van der Waals surface area contributed by atoms with E-state index in [-0.39, 0.29) is 6.42 Å². The first-order valence-corrected chi connectivity index (χ1v) is 4.72. The summed E-state index contributed by atoms with van der Waals surface area (Å²) < 4.78 is 0. The molecule has 0 atom stereocenters. The topological polar surface area (TPSA) is 124 Å². The summed E-state index contributed by atoms with van der Waals surface area (Å²) in [6.45, 7) is 0.332. The number of nitrogens with one attached hydrogen (secondary N) is 1. The summed E-state index contributed by atoms with van der Waals surface area (Å²) in [6, 6.07) is 4.70. The van der Waals surface area contributed by atoms with Crippen molar-refractivity contribution >= 4 is 23.2 Å². The Bertz CT molecular complexity index is 417. The van der Waals surface area contributed by atoms with E-state index in [9.17, 15) is 9.59 Å². The third kappa shape index (κ3) is 3.16. The van der Waals surface area contributed by atoms with Gasteiger partial charge in [0, 0.05) is 24.3 Å². The van der Waals surface area contributed by atoms with Crippen molar-refractivity contribution in [2.45, 2.75) is 6.42 Å². The van der Waals surface area contributed by atoms with Crippen LogP contribution in [0.2, 0.25) is 0 Å². The molecule has 6 nitrogen and oxygen atoms in total. The molecule has 0 fully saturated rings.